The second-order valence-electron chi connectivity index (χ2n) is 8.31. The van der Waals surface area contributed by atoms with Crippen molar-refractivity contribution in [2.24, 2.45) is 0 Å². The lowest BCUT2D eigenvalue weighted by Crippen LogP contribution is -2.39. The molecule has 2 aromatic carbocycles. The number of carbonyl (C=O) groups excluding carboxylic acids is 1. The third kappa shape index (κ3) is 3.60. The number of carbonyl (C=O) groups is 1. The smallest absolute Gasteiger partial charge is 0.337 e. The van der Waals surface area contributed by atoms with E-state index in [2.05, 4.69) is 0 Å². The number of nitrogens with zero attached hydrogens (tertiary/aromatic N) is 3. The van der Waals surface area contributed by atoms with Crippen LogP contribution in [0, 0.1) is 12.7 Å². The number of aryl methyl sites for hydroxylation is 1. The lowest BCUT2D eigenvalue weighted by atomic mass is 10.1. The molecule has 6 nitrogen and oxygen atoms in total. The summed E-state index contributed by atoms with van der Waals surface area (Å²) in [6.07, 6.45) is 0.538. The van der Waals surface area contributed by atoms with Crippen molar-refractivity contribution in [1.29, 1.82) is 0 Å². The third-order valence-corrected chi connectivity index (χ3v) is 7.39. The highest BCUT2D eigenvalue weighted by Gasteiger charge is 2.27. The van der Waals surface area contributed by atoms with Gasteiger partial charge in [-0.1, -0.05) is 35.9 Å². The summed E-state index contributed by atoms with van der Waals surface area (Å²) in [4.78, 5) is 42.4. The molecule has 1 amide bonds. The van der Waals surface area contributed by atoms with E-state index in [1.165, 1.54) is 33.5 Å². The van der Waals surface area contributed by atoms with Gasteiger partial charge in [-0.2, -0.15) is 0 Å². The van der Waals surface area contributed by atoms with Gasteiger partial charge in [0.15, 0.2) is 0 Å². The Hall–Kier alpha value is -3.52. The van der Waals surface area contributed by atoms with E-state index in [-0.39, 0.29) is 18.0 Å². The zero-order valence-electron chi connectivity index (χ0n) is 18.3. The minimum Gasteiger partial charge on any atom is -0.337 e. The Balaban J connectivity index is 1.81. The standard InChI is InChI=1S/C25H22FN3O3S/c1-15-7-9-18(10-8-15)29-23(31)22-19-11-12-27(16(2)30)14-21(19)33-24(22)28(25(29)32)13-17-5-3-4-6-20(17)26/h3-10H,11-14H2,1-2H3. The highest BCUT2D eigenvalue weighted by atomic mass is 32.1. The summed E-state index contributed by atoms with van der Waals surface area (Å²) in [6, 6.07) is 13.5. The van der Waals surface area contributed by atoms with Crippen LogP contribution in [0.5, 0.6) is 0 Å². The van der Waals surface area contributed by atoms with Crippen molar-refractivity contribution in [1.82, 2.24) is 14.0 Å². The molecule has 4 aromatic rings. The van der Waals surface area contributed by atoms with Gasteiger partial charge in [-0.15, -0.1) is 11.3 Å². The molecule has 0 saturated heterocycles. The number of thiophene rings is 1. The molecule has 0 bridgehead atoms. The van der Waals surface area contributed by atoms with Crippen LogP contribution in [0.3, 0.4) is 0 Å². The van der Waals surface area contributed by atoms with E-state index in [0.29, 0.717) is 41.0 Å². The van der Waals surface area contributed by atoms with Gasteiger partial charge in [-0.05, 0) is 37.1 Å². The molecular weight excluding hydrogens is 441 g/mol. The Kier molecular flexibility index (Phi) is 5.25. The van der Waals surface area contributed by atoms with Crippen molar-refractivity contribution in [3.63, 3.8) is 0 Å². The van der Waals surface area contributed by atoms with Crippen LogP contribution in [0.15, 0.2) is 58.1 Å². The molecule has 0 saturated carbocycles. The van der Waals surface area contributed by atoms with Crippen LogP contribution in [-0.2, 0) is 24.3 Å². The number of rotatable bonds is 3. The Morgan fingerprint density at radius 1 is 1.09 bits per heavy atom. The van der Waals surface area contributed by atoms with Gasteiger partial charge in [0.05, 0.1) is 24.2 Å². The Morgan fingerprint density at radius 3 is 2.52 bits per heavy atom. The highest BCUT2D eigenvalue weighted by Crippen LogP contribution is 2.33. The molecule has 168 valence electrons. The minimum atomic E-state index is -0.512. The number of fused-ring (bicyclic) bond motifs is 3. The lowest BCUT2D eigenvalue weighted by Gasteiger charge is -2.25. The normalized spacial score (nSPS) is 13.4. The van der Waals surface area contributed by atoms with Gasteiger partial charge in [0.2, 0.25) is 5.91 Å². The molecule has 2 aromatic heterocycles. The van der Waals surface area contributed by atoms with E-state index in [1.807, 2.05) is 19.1 Å². The number of halogens is 1. The van der Waals surface area contributed by atoms with Gasteiger partial charge in [0.1, 0.15) is 10.6 Å². The molecular formula is C25H22FN3O3S. The lowest BCUT2D eigenvalue weighted by molar-refractivity contribution is -0.129. The van der Waals surface area contributed by atoms with E-state index in [1.54, 1.807) is 35.2 Å². The predicted molar refractivity (Wildman–Crippen MR) is 127 cm³/mol. The summed E-state index contributed by atoms with van der Waals surface area (Å²) < 4.78 is 17.2. The van der Waals surface area contributed by atoms with Crippen LogP contribution in [0.2, 0.25) is 0 Å². The first kappa shape index (κ1) is 21.3. The monoisotopic (exact) mass is 463 g/mol. The molecule has 0 fully saturated rings. The predicted octanol–water partition coefficient (Wildman–Crippen LogP) is 3.61. The Labute approximate surface area is 193 Å². The summed E-state index contributed by atoms with van der Waals surface area (Å²) >= 11 is 1.34. The van der Waals surface area contributed by atoms with Crippen LogP contribution in [0.1, 0.15) is 28.5 Å². The van der Waals surface area contributed by atoms with Gasteiger partial charge >= 0.3 is 5.69 Å². The van der Waals surface area contributed by atoms with Crippen molar-refractivity contribution in [2.45, 2.75) is 33.4 Å². The summed E-state index contributed by atoms with van der Waals surface area (Å²) in [5.41, 5.74) is 1.84. The van der Waals surface area contributed by atoms with Gasteiger partial charge in [0, 0.05) is 23.9 Å². The SMILES string of the molecule is CC(=O)N1CCc2c(sc3c2c(=O)n(-c2ccc(C)cc2)c(=O)n3Cc2ccccc2F)C1. The first-order valence-electron chi connectivity index (χ1n) is 10.7. The number of hydrogen-bond donors (Lipinski definition) is 0. The van der Waals surface area contributed by atoms with E-state index < -0.39 is 11.5 Å². The number of amides is 1. The molecule has 1 aliphatic rings. The van der Waals surface area contributed by atoms with Crippen LogP contribution in [-0.4, -0.2) is 26.5 Å². The number of hydrogen-bond acceptors (Lipinski definition) is 4. The van der Waals surface area contributed by atoms with Crippen molar-refractivity contribution in [3.8, 4) is 5.69 Å². The summed E-state index contributed by atoms with van der Waals surface area (Å²) in [5.74, 6) is -0.436. The van der Waals surface area contributed by atoms with Crippen LogP contribution in [0.25, 0.3) is 15.9 Å². The molecule has 0 aliphatic carbocycles. The van der Waals surface area contributed by atoms with Crippen LogP contribution in [0.4, 0.5) is 4.39 Å². The highest BCUT2D eigenvalue weighted by molar-refractivity contribution is 7.18. The molecule has 0 spiro atoms. The molecule has 33 heavy (non-hydrogen) atoms. The molecule has 0 unspecified atom stereocenters. The fourth-order valence-corrected chi connectivity index (χ4v) is 5.68. The molecule has 8 heteroatoms. The van der Waals surface area contributed by atoms with Gasteiger partial charge in [0.25, 0.3) is 5.56 Å². The minimum absolute atomic E-state index is 0.00393. The maximum atomic E-state index is 14.5. The topological polar surface area (TPSA) is 64.3 Å². The fraction of sp³-hybridized carbons (Fsp3) is 0.240. The van der Waals surface area contributed by atoms with Crippen molar-refractivity contribution in [2.75, 3.05) is 6.54 Å². The van der Waals surface area contributed by atoms with E-state index in [4.69, 9.17) is 0 Å². The zero-order chi connectivity index (χ0) is 23.3. The van der Waals surface area contributed by atoms with Crippen molar-refractivity contribution < 1.29 is 9.18 Å². The second-order valence-corrected chi connectivity index (χ2v) is 9.39. The van der Waals surface area contributed by atoms with Crippen molar-refractivity contribution >= 4 is 27.5 Å². The zero-order valence-corrected chi connectivity index (χ0v) is 19.1. The average molecular weight is 464 g/mol. The van der Waals surface area contributed by atoms with Gasteiger partial charge in [-0.25, -0.2) is 13.8 Å². The van der Waals surface area contributed by atoms with Gasteiger partial charge in [-0.3, -0.25) is 14.2 Å². The fourth-order valence-electron chi connectivity index (χ4n) is 4.33. The first-order valence-corrected chi connectivity index (χ1v) is 11.5. The number of aromatic nitrogens is 2. The van der Waals surface area contributed by atoms with E-state index in [9.17, 15) is 18.8 Å². The van der Waals surface area contributed by atoms with Gasteiger partial charge < -0.3 is 4.90 Å². The first-order chi connectivity index (χ1) is 15.8. The molecule has 0 radical (unpaired) electrons. The Bertz CT molecular complexity index is 1520. The van der Waals surface area contributed by atoms with Crippen LogP contribution < -0.4 is 11.2 Å². The molecule has 3 heterocycles. The quantitative estimate of drug-likeness (QED) is 0.466. The molecule has 0 N–H and O–H groups in total. The largest absolute Gasteiger partial charge is 0.337 e. The maximum absolute atomic E-state index is 14.5. The second kappa shape index (κ2) is 8.12. The van der Waals surface area contributed by atoms with E-state index >= 15 is 0 Å². The van der Waals surface area contributed by atoms with Crippen LogP contribution >= 0.6 is 11.3 Å². The molecule has 5 rings (SSSR count). The third-order valence-electron chi connectivity index (χ3n) is 6.15. The Morgan fingerprint density at radius 2 is 1.82 bits per heavy atom. The summed E-state index contributed by atoms with van der Waals surface area (Å²) in [6.45, 7) is 4.38. The molecule has 1 aliphatic heterocycles. The summed E-state index contributed by atoms with van der Waals surface area (Å²) in [7, 11) is 0. The average Bonchev–Trinajstić information content (AvgIpc) is 3.18. The number of benzene rings is 2. The maximum Gasteiger partial charge on any atom is 0.337 e. The van der Waals surface area contributed by atoms with E-state index in [0.717, 1.165) is 16.0 Å². The summed E-state index contributed by atoms with van der Waals surface area (Å²) in [5, 5.41) is 0.481. The van der Waals surface area contributed by atoms with Crippen molar-refractivity contribution in [3.05, 3.63) is 96.8 Å². The molecule has 0 atom stereocenters.